The molecule has 0 radical (unpaired) electrons. The second-order valence-electron chi connectivity index (χ2n) is 4.52. The molecule has 0 atom stereocenters. The molecule has 0 aliphatic rings. The van der Waals surface area contributed by atoms with E-state index in [-0.39, 0.29) is 0 Å². The van der Waals surface area contributed by atoms with Crippen molar-refractivity contribution in [3.05, 3.63) is 47.7 Å². The standard InChI is InChI=1S/C15H13NO2/c1-9-11-8-7-10-5-3-4-6-12(10)14(11)16(2)13(9)15(17)18/h3-8H,1-2H3,(H,17,18). The molecular formula is C15H13NO2. The van der Waals surface area contributed by atoms with Crippen LogP contribution in [0.1, 0.15) is 16.1 Å². The molecule has 3 aromatic rings. The van der Waals surface area contributed by atoms with Gasteiger partial charge in [0.05, 0.1) is 5.52 Å². The monoisotopic (exact) mass is 239 g/mol. The van der Waals surface area contributed by atoms with Crippen LogP contribution in [0.4, 0.5) is 0 Å². The molecule has 3 rings (SSSR count). The molecule has 0 unspecified atom stereocenters. The van der Waals surface area contributed by atoms with Gasteiger partial charge in [0, 0.05) is 17.8 Å². The second-order valence-corrected chi connectivity index (χ2v) is 4.52. The summed E-state index contributed by atoms with van der Waals surface area (Å²) in [6.45, 7) is 1.86. The Labute approximate surface area is 104 Å². The average molecular weight is 239 g/mol. The highest BCUT2D eigenvalue weighted by Gasteiger charge is 2.18. The molecule has 0 aliphatic heterocycles. The number of fused-ring (bicyclic) bond motifs is 3. The molecule has 1 N–H and O–H groups in total. The Hall–Kier alpha value is -2.29. The number of benzene rings is 2. The van der Waals surface area contributed by atoms with Crippen molar-refractivity contribution in [1.82, 2.24) is 4.57 Å². The number of aryl methyl sites for hydroxylation is 2. The van der Waals surface area contributed by atoms with Gasteiger partial charge in [-0.1, -0.05) is 36.4 Å². The van der Waals surface area contributed by atoms with Gasteiger partial charge in [0.2, 0.25) is 0 Å². The molecule has 0 fully saturated rings. The van der Waals surface area contributed by atoms with Gasteiger partial charge >= 0.3 is 5.97 Å². The largest absolute Gasteiger partial charge is 0.477 e. The van der Waals surface area contributed by atoms with Crippen LogP contribution in [0.5, 0.6) is 0 Å². The maximum Gasteiger partial charge on any atom is 0.352 e. The lowest BCUT2D eigenvalue weighted by atomic mass is 10.1. The summed E-state index contributed by atoms with van der Waals surface area (Å²) in [5.41, 5.74) is 2.18. The lowest BCUT2D eigenvalue weighted by Gasteiger charge is -2.03. The Kier molecular flexibility index (Phi) is 2.17. The highest BCUT2D eigenvalue weighted by molar-refractivity contribution is 6.10. The minimum absolute atomic E-state index is 0.362. The van der Waals surface area contributed by atoms with Crippen molar-refractivity contribution in [1.29, 1.82) is 0 Å². The lowest BCUT2D eigenvalue weighted by molar-refractivity contribution is 0.0686. The van der Waals surface area contributed by atoms with Crippen molar-refractivity contribution in [2.45, 2.75) is 6.92 Å². The molecule has 18 heavy (non-hydrogen) atoms. The van der Waals surface area contributed by atoms with Crippen LogP contribution in [0.25, 0.3) is 21.7 Å². The van der Waals surface area contributed by atoms with E-state index in [1.807, 2.05) is 50.4 Å². The molecule has 1 heterocycles. The van der Waals surface area contributed by atoms with Crippen LogP contribution in [0.3, 0.4) is 0 Å². The van der Waals surface area contributed by atoms with Crippen molar-refractivity contribution in [2.24, 2.45) is 7.05 Å². The molecule has 3 nitrogen and oxygen atoms in total. The second kappa shape index (κ2) is 3.60. The molecule has 0 saturated heterocycles. The number of carboxylic acid groups (broad SMARTS) is 1. The molecule has 0 bridgehead atoms. The van der Waals surface area contributed by atoms with E-state index in [9.17, 15) is 9.90 Å². The number of nitrogens with zero attached hydrogens (tertiary/aromatic N) is 1. The van der Waals surface area contributed by atoms with Crippen LogP contribution in [-0.4, -0.2) is 15.6 Å². The van der Waals surface area contributed by atoms with Gasteiger partial charge in [-0.05, 0) is 17.9 Å². The van der Waals surface area contributed by atoms with Crippen LogP contribution in [0.2, 0.25) is 0 Å². The van der Waals surface area contributed by atoms with E-state index in [0.717, 1.165) is 27.2 Å². The highest BCUT2D eigenvalue weighted by atomic mass is 16.4. The Morgan fingerprint density at radius 3 is 2.56 bits per heavy atom. The summed E-state index contributed by atoms with van der Waals surface area (Å²) in [6, 6.07) is 12.1. The van der Waals surface area contributed by atoms with Crippen molar-refractivity contribution < 1.29 is 9.90 Å². The lowest BCUT2D eigenvalue weighted by Crippen LogP contribution is -2.05. The molecule has 0 amide bonds. The third-order valence-electron chi connectivity index (χ3n) is 3.53. The summed E-state index contributed by atoms with van der Waals surface area (Å²) in [5.74, 6) is -0.879. The van der Waals surface area contributed by atoms with E-state index in [1.165, 1.54) is 0 Å². The predicted octanol–water partition coefficient (Wildman–Crippen LogP) is 3.34. The SMILES string of the molecule is Cc1c(C(=O)O)n(C)c2c1ccc1ccccc12. The third-order valence-corrected chi connectivity index (χ3v) is 3.53. The van der Waals surface area contributed by atoms with E-state index in [2.05, 4.69) is 0 Å². The topological polar surface area (TPSA) is 42.2 Å². The zero-order chi connectivity index (χ0) is 12.9. The smallest absolute Gasteiger partial charge is 0.352 e. The van der Waals surface area contributed by atoms with Gasteiger partial charge in [-0.2, -0.15) is 0 Å². The first kappa shape index (κ1) is 10.8. The van der Waals surface area contributed by atoms with Crippen LogP contribution >= 0.6 is 0 Å². The van der Waals surface area contributed by atoms with Crippen molar-refractivity contribution in [3.8, 4) is 0 Å². The zero-order valence-corrected chi connectivity index (χ0v) is 10.3. The van der Waals surface area contributed by atoms with Crippen LogP contribution < -0.4 is 0 Å². The average Bonchev–Trinajstić information content (AvgIpc) is 2.62. The fraction of sp³-hybridized carbons (Fsp3) is 0.133. The van der Waals surface area contributed by atoms with Gasteiger partial charge in [0.15, 0.2) is 0 Å². The fourth-order valence-electron chi connectivity index (χ4n) is 2.71. The van der Waals surface area contributed by atoms with Gasteiger partial charge < -0.3 is 9.67 Å². The Morgan fingerprint density at radius 2 is 1.83 bits per heavy atom. The summed E-state index contributed by atoms with van der Waals surface area (Å²) in [5, 5.41) is 12.5. The predicted molar refractivity (Wildman–Crippen MR) is 72.1 cm³/mol. The molecule has 3 heteroatoms. The quantitative estimate of drug-likeness (QED) is 0.707. The van der Waals surface area contributed by atoms with Crippen LogP contribution in [0, 0.1) is 6.92 Å². The third kappa shape index (κ3) is 1.27. The van der Waals surface area contributed by atoms with Crippen molar-refractivity contribution in [3.63, 3.8) is 0 Å². The fourth-order valence-corrected chi connectivity index (χ4v) is 2.71. The number of aromatic nitrogens is 1. The van der Waals surface area contributed by atoms with Gasteiger partial charge in [-0.15, -0.1) is 0 Å². The van der Waals surface area contributed by atoms with Gasteiger partial charge in [0.1, 0.15) is 5.69 Å². The molecule has 0 saturated carbocycles. The van der Waals surface area contributed by atoms with Crippen LogP contribution in [-0.2, 0) is 7.05 Å². The number of rotatable bonds is 1. The maximum absolute atomic E-state index is 11.3. The molecule has 1 aromatic heterocycles. The highest BCUT2D eigenvalue weighted by Crippen LogP contribution is 2.31. The number of aromatic carboxylic acids is 1. The summed E-state index contributed by atoms with van der Waals surface area (Å²) in [7, 11) is 1.81. The maximum atomic E-state index is 11.3. The summed E-state index contributed by atoms with van der Waals surface area (Å²) in [6.07, 6.45) is 0. The molecular weight excluding hydrogens is 226 g/mol. The van der Waals surface area contributed by atoms with Gasteiger partial charge in [-0.25, -0.2) is 4.79 Å². The summed E-state index contributed by atoms with van der Waals surface area (Å²) >= 11 is 0. The molecule has 90 valence electrons. The van der Waals surface area contributed by atoms with Gasteiger partial charge in [0.25, 0.3) is 0 Å². The number of carbonyl (C=O) groups is 1. The normalized spacial score (nSPS) is 11.2. The first-order valence-corrected chi connectivity index (χ1v) is 5.81. The van der Waals surface area contributed by atoms with E-state index in [4.69, 9.17) is 0 Å². The molecule has 0 spiro atoms. The number of hydrogen-bond donors (Lipinski definition) is 1. The summed E-state index contributed by atoms with van der Waals surface area (Å²) < 4.78 is 1.77. The minimum atomic E-state index is -0.879. The Balaban J connectivity index is 2.59. The van der Waals surface area contributed by atoms with E-state index >= 15 is 0 Å². The number of carboxylic acids is 1. The Morgan fingerprint density at radius 1 is 1.11 bits per heavy atom. The van der Waals surface area contributed by atoms with Gasteiger partial charge in [-0.3, -0.25) is 0 Å². The summed E-state index contributed by atoms with van der Waals surface area (Å²) in [4.78, 5) is 11.3. The van der Waals surface area contributed by atoms with Crippen molar-refractivity contribution >= 4 is 27.6 Å². The van der Waals surface area contributed by atoms with Crippen LogP contribution in [0.15, 0.2) is 36.4 Å². The van der Waals surface area contributed by atoms with E-state index in [1.54, 1.807) is 4.57 Å². The first-order chi connectivity index (χ1) is 8.61. The molecule has 2 aromatic carbocycles. The van der Waals surface area contributed by atoms with E-state index < -0.39 is 5.97 Å². The number of hydrogen-bond acceptors (Lipinski definition) is 1. The van der Waals surface area contributed by atoms with E-state index in [0.29, 0.717) is 5.69 Å². The molecule has 0 aliphatic carbocycles. The Bertz CT molecular complexity index is 784. The minimum Gasteiger partial charge on any atom is -0.477 e. The zero-order valence-electron chi connectivity index (χ0n) is 10.3. The van der Waals surface area contributed by atoms with Crippen molar-refractivity contribution in [2.75, 3.05) is 0 Å². The first-order valence-electron chi connectivity index (χ1n) is 5.81.